The lowest BCUT2D eigenvalue weighted by Gasteiger charge is -2.60. The Balaban J connectivity index is 0.959. The summed E-state index contributed by atoms with van der Waals surface area (Å²) in [4.78, 5) is 27.4. The molecule has 0 aromatic carbocycles. The summed E-state index contributed by atoms with van der Waals surface area (Å²) in [5, 5.41) is 3.25. The van der Waals surface area contributed by atoms with E-state index in [0.717, 1.165) is 43.0 Å². The van der Waals surface area contributed by atoms with Gasteiger partial charge in [-0.05, 0) is 69.1 Å². The van der Waals surface area contributed by atoms with Crippen LogP contribution in [-0.2, 0) is 6.18 Å². The summed E-state index contributed by atoms with van der Waals surface area (Å²) in [6.07, 6.45) is 5.14. The number of hydrogen-bond donors (Lipinski definition) is 1. The number of piperazine rings is 1. The highest BCUT2D eigenvalue weighted by Crippen LogP contribution is 2.52. The molecule has 3 heterocycles. The van der Waals surface area contributed by atoms with Gasteiger partial charge >= 0.3 is 12.2 Å². The number of carbonyl (C=O) groups is 1. The van der Waals surface area contributed by atoms with Crippen LogP contribution in [0.4, 0.5) is 23.9 Å². The number of halogens is 3. The number of nitrogens with zero attached hydrogens (tertiary/aromatic N) is 5. The van der Waals surface area contributed by atoms with E-state index in [4.69, 9.17) is 0 Å². The third-order valence-electron chi connectivity index (χ3n) is 9.58. The molecule has 1 aromatic rings. The molecule has 5 aliphatic rings. The number of hydrogen-bond acceptors (Lipinski definition) is 5. The molecule has 3 aliphatic carbocycles. The van der Waals surface area contributed by atoms with Crippen molar-refractivity contribution in [1.82, 2.24) is 25.1 Å². The van der Waals surface area contributed by atoms with Gasteiger partial charge in [0.25, 0.3) is 0 Å². The zero-order chi connectivity index (χ0) is 25.2. The number of anilines is 1. The Morgan fingerprint density at radius 2 is 1.75 bits per heavy atom. The molecule has 2 aliphatic heterocycles. The van der Waals surface area contributed by atoms with E-state index in [-0.39, 0.29) is 30.1 Å². The molecule has 10 heteroatoms. The van der Waals surface area contributed by atoms with Crippen LogP contribution in [-0.4, -0.2) is 76.6 Å². The number of amides is 2. The van der Waals surface area contributed by atoms with E-state index in [1.54, 1.807) is 0 Å². The van der Waals surface area contributed by atoms with Gasteiger partial charge < -0.3 is 20.0 Å². The number of carbonyl (C=O) groups excluding carboxylic acids is 1. The number of urea groups is 1. The van der Waals surface area contributed by atoms with Crippen LogP contribution in [0.1, 0.15) is 57.9 Å². The maximum Gasteiger partial charge on any atom is 0.419 e. The standard InChI is InChI=1S/C26H37F3N6O/c1-16-11-34(23-30-9-21(10-31-23)26(27,28)29)12-17(2)35(16)24(36)32-22-7-25(8-22)14-33(15-25)13-20-6-18-3-4-19(20)5-18/h9-10,16-20,22H,3-8,11-15H2,1-2H3,(H,32,36)/t16-,17+,18?,19?,20?. The molecule has 3 saturated carbocycles. The molecule has 1 spiro atoms. The lowest BCUT2D eigenvalue weighted by molar-refractivity contribution is -0.138. The number of alkyl halides is 3. The first-order valence-electron chi connectivity index (χ1n) is 13.5. The average Bonchev–Trinajstić information content (AvgIpc) is 3.38. The van der Waals surface area contributed by atoms with Crippen LogP contribution in [0.2, 0.25) is 0 Å². The summed E-state index contributed by atoms with van der Waals surface area (Å²) < 4.78 is 38.5. The Kier molecular flexibility index (Phi) is 5.89. The molecule has 5 fully saturated rings. The lowest BCUT2D eigenvalue weighted by Crippen LogP contribution is -2.69. The first-order chi connectivity index (χ1) is 17.1. The summed E-state index contributed by atoms with van der Waals surface area (Å²) in [5.74, 6) is 3.18. The molecule has 7 nitrogen and oxygen atoms in total. The van der Waals surface area contributed by atoms with Crippen molar-refractivity contribution in [2.45, 2.75) is 76.7 Å². The summed E-state index contributed by atoms with van der Waals surface area (Å²) in [5.41, 5.74) is -0.449. The number of fused-ring (bicyclic) bond motifs is 2. The highest BCUT2D eigenvalue weighted by Gasteiger charge is 2.54. The lowest BCUT2D eigenvalue weighted by atomic mass is 9.60. The second-order valence-electron chi connectivity index (χ2n) is 12.4. The van der Waals surface area contributed by atoms with Crippen molar-refractivity contribution in [1.29, 1.82) is 0 Å². The highest BCUT2D eigenvalue weighted by atomic mass is 19.4. The van der Waals surface area contributed by atoms with E-state index in [1.165, 1.54) is 45.3 Å². The van der Waals surface area contributed by atoms with Gasteiger partial charge in [0.15, 0.2) is 0 Å². The minimum absolute atomic E-state index is 0.0407. The van der Waals surface area contributed by atoms with Gasteiger partial charge in [-0.2, -0.15) is 13.2 Å². The molecule has 2 amide bonds. The van der Waals surface area contributed by atoms with Crippen molar-refractivity contribution in [3.63, 3.8) is 0 Å². The van der Waals surface area contributed by atoms with Crippen molar-refractivity contribution < 1.29 is 18.0 Å². The summed E-state index contributed by atoms with van der Waals surface area (Å²) in [7, 11) is 0. The molecule has 198 valence electrons. The molecule has 2 saturated heterocycles. The van der Waals surface area contributed by atoms with Crippen LogP contribution in [0.5, 0.6) is 0 Å². The third kappa shape index (κ3) is 4.43. The highest BCUT2D eigenvalue weighted by molar-refractivity contribution is 5.76. The predicted molar refractivity (Wildman–Crippen MR) is 129 cm³/mol. The van der Waals surface area contributed by atoms with Crippen LogP contribution in [0, 0.1) is 23.2 Å². The first-order valence-corrected chi connectivity index (χ1v) is 13.5. The van der Waals surface area contributed by atoms with E-state index >= 15 is 0 Å². The fourth-order valence-electron chi connectivity index (χ4n) is 8.08. The summed E-state index contributed by atoms with van der Waals surface area (Å²) in [6, 6.07) is -0.0111. The molecule has 3 unspecified atom stereocenters. The molecule has 1 N–H and O–H groups in total. The van der Waals surface area contributed by atoms with Crippen LogP contribution in [0.15, 0.2) is 12.4 Å². The Hall–Kier alpha value is -2.10. The molecule has 1 aromatic heterocycles. The van der Waals surface area contributed by atoms with Gasteiger partial charge in [-0.15, -0.1) is 0 Å². The van der Waals surface area contributed by atoms with Gasteiger partial charge in [0.05, 0.1) is 5.56 Å². The van der Waals surface area contributed by atoms with E-state index in [9.17, 15) is 18.0 Å². The van der Waals surface area contributed by atoms with Gasteiger partial charge in [-0.3, -0.25) is 0 Å². The molecular weight excluding hydrogens is 469 g/mol. The average molecular weight is 507 g/mol. The monoisotopic (exact) mass is 506 g/mol. The van der Waals surface area contributed by atoms with Crippen LogP contribution >= 0.6 is 0 Å². The summed E-state index contributed by atoms with van der Waals surface area (Å²) >= 11 is 0. The Labute approximate surface area is 210 Å². The van der Waals surface area contributed by atoms with E-state index in [0.29, 0.717) is 18.5 Å². The molecule has 36 heavy (non-hydrogen) atoms. The predicted octanol–water partition coefficient (Wildman–Crippen LogP) is 4.00. The van der Waals surface area contributed by atoms with Crippen LogP contribution in [0.25, 0.3) is 0 Å². The Bertz CT molecular complexity index is 961. The van der Waals surface area contributed by atoms with Gasteiger partial charge in [0.1, 0.15) is 0 Å². The fourth-order valence-corrected chi connectivity index (χ4v) is 8.08. The van der Waals surface area contributed by atoms with Gasteiger partial charge in [-0.25, -0.2) is 14.8 Å². The quantitative estimate of drug-likeness (QED) is 0.669. The normalized spacial score (nSPS) is 34.1. The fraction of sp³-hybridized carbons (Fsp3) is 0.808. The van der Waals surface area contributed by atoms with E-state index in [2.05, 4.69) is 20.2 Å². The SMILES string of the molecule is C[C@@H]1CN(c2ncc(C(F)(F)F)cn2)C[C@H](C)N1C(=O)NC1CC2(C1)CN(CC1CC3CCC1C3)C2. The maximum absolute atomic E-state index is 13.1. The van der Waals surface area contributed by atoms with Crippen LogP contribution < -0.4 is 10.2 Å². The molecule has 6 rings (SSSR count). The maximum atomic E-state index is 13.1. The number of aromatic nitrogens is 2. The van der Waals surface area contributed by atoms with Gasteiger partial charge in [-0.1, -0.05) is 6.42 Å². The van der Waals surface area contributed by atoms with Crippen molar-refractivity contribution in [2.75, 3.05) is 37.6 Å². The minimum Gasteiger partial charge on any atom is -0.337 e. The molecular formula is C26H37F3N6O. The number of likely N-dealkylation sites (tertiary alicyclic amines) is 1. The number of nitrogens with one attached hydrogen (secondary N) is 1. The van der Waals surface area contributed by atoms with Crippen LogP contribution in [0.3, 0.4) is 0 Å². The van der Waals surface area contributed by atoms with Crippen molar-refractivity contribution in [3.05, 3.63) is 18.0 Å². The third-order valence-corrected chi connectivity index (χ3v) is 9.58. The first kappa shape index (κ1) is 24.2. The van der Waals surface area contributed by atoms with Gasteiger partial charge in [0, 0.05) is 63.2 Å². The summed E-state index contributed by atoms with van der Waals surface area (Å²) in [6.45, 7) is 8.55. The second kappa shape index (κ2) is 8.74. The van der Waals surface area contributed by atoms with Crippen molar-refractivity contribution in [3.8, 4) is 0 Å². The topological polar surface area (TPSA) is 64.6 Å². The zero-order valence-corrected chi connectivity index (χ0v) is 21.2. The largest absolute Gasteiger partial charge is 0.419 e. The smallest absolute Gasteiger partial charge is 0.337 e. The number of rotatable bonds is 4. The minimum atomic E-state index is -4.45. The molecule has 2 bridgehead atoms. The zero-order valence-electron chi connectivity index (χ0n) is 21.2. The van der Waals surface area contributed by atoms with Crippen molar-refractivity contribution >= 4 is 12.0 Å². The Morgan fingerprint density at radius 1 is 1.08 bits per heavy atom. The van der Waals surface area contributed by atoms with Gasteiger partial charge in [0.2, 0.25) is 5.95 Å². The van der Waals surface area contributed by atoms with E-state index in [1.807, 2.05) is 23.6 Å². The van der Waals surface area contributed by atoms with Crippen molar-refractivity contribution in [2.24, 2.45) is 23.2 Å². The second-order valence-corrected chi connectivity index (χ2v) is 12.4. The molecule has 5 atom stereocenters. The Morgan fingerprint density at radius 3 is 2.31 bits per heavy atom. The molecule has 0 radical (unpaired) electrons. The van der Waals surface area contributed by atoms with E-state index < -0.39 is 11.7 Å².